The number of ether oxygens (including phenoxy) is 2. The standard InChI is InChI=1S/C28H24F3N5O3S.C24H21F3N4O3/c29-28(30,31)21-5-1-19(2-6-21)26(37)34-22-7-10-24(33-17-22)39-23-8-3-20(4-9-23)27(38)36-14-12-35(13-15-36)18-25-32-11-16-40-25;25-24(26,27)18-5-1-16(2-6-18)22(32)30-19-7-10-21(29-15-19)34-20-8-3-17(4-9-20)23(33)31-13-11-28-12-14-31/h1-11,16-17H,12-15,18H2,(H,34,37);1-10,15,28H,11-14H2,(H,30,32). The Bertz CT molecular complexity index is 2990. The summed E-state index contributed by atoms with van der Waals surface area (Å²) in [5, 5.41) is 11.4. The third-order valence-corrected chi connectivity index (χ3v) is 12.3. The molecule has 9 rings (SSSR count). The van der Waals surface area contributed by atoms with Gasteiger partial charge in [-0.05, 0) is 109 Å². The first-order chi connectivity index (χ1) is 35.5. The van der Waals surface area contributed by atoms with E-state index < -0.39 is 35.3 Å². The van der Waals surface area contributed by atoms with Crippen LogP contribution in [0.3, 0.4) is 0 Å². The Kier molecular flexibility index (Phi) is 16.6. The minimum absolute atomic E-state index is 0.0284. The van der Waals surface area contributed by atoms with E-state index in [1.54, 1.807) is 95.2 Å². The summed E-state index contributed by atoms with van der Waals surface area (Å²) in [5.74, 6) is 0.326. The second-order valence-corrected chi connectivity index (χ2v) is 17.6. The highest BCUT2D eigenvalue weighted by atomic mass is 32.1. The summed E-state index contributed by atoms with van der Waals surface area (Å²) in [7, 11) is 0. The lowest BCUT2D eigenvalue weighted by atomic mass is 10.1. The van der Waals surface area contributed by atoms with Gasteiger partial charge in [-0.15, -0.1) is 11.3 Å². The van der Waals surface area contributed by atoms with E-state index in [1.165, 1.54) is 12.4 Å². The van der Waals surface area contributed by atoms with Crippen LogP contribution in [0.1, 0.15) is 57.6 Å². The van der Waals surface area contributed by atoms with Crippen LogP contribution in [0.2, 0.25) is 0 Å². The Morgan fingerprint density at radius 2 is 0.946 bits per heavy atom. The molecule has 0 spiro atoms. The lowest BCUT2D eigenvalue weighted by Crippen LogP contribution is -2.48. The van der Waals surface area contributed by atoms with Crippen molar-refractivity contribution < 1.29 is 55.0 Å². The van der Waals surface area contributed by atoms with Crippen LogP contribution in [0.4, 0.5) is 37.7 Å². The quantitative estimate of drug-likeness (QED) is 0.0996. The average Bonchev–Trinajstić information content (AvgIpc) is 3.93. The number of hydrogen-bond donors (Lipinski definition) is 3. The Morgan fingerprint density at radius 1 is 0.527 bits per heavy atom. The first kappa shape index (κ1) is 52.1. The van der Waals surface area contributed by atoms with Gasteiger partial charge in [0.25, 0.3) is 23.6 Å². The third-order valence-electron chi connectivity index (χ3n) is 11.5. The SMILES string of the molecule is O=C(Nc1ccc(Oc2ccc(C(=O)N3CCN(Cc4nccs4)CC3)cc2)nc1)c1ccc(C(F)(F)F)cc1.O=C(Nc1ccc(Oc2ccc(C(=O)N3CCNCC3)cc2)nc1)c1ccc(C(F)(F)F)cc1. The number of nitrogens with one attached hydrogen (secondary N) is 3. The molecule has 22 heteroatoms. The number of nitrogens with zero attached hydrogens (tertiary/aromatic N) is 6. The number of hydrogen-bond acceptors (Lipinski definition) is 12. The number of pyridine rings is 2. The maximum Gasteiger partial charge on any atom is 0.416 e. The van der Waals surface area contributed by atoms with Gasteiger partial charge in [-0.2, -0.15) is 26.3 Å². The summed E-state index contributed by atoms with van der Waals surface area (Å²) in [5.41, 5.74) is 0.362. The number of alkyl halides is 6. The van der Waals surface area contributed by atoms with Crippen molar-refractivity contribution in [2.75, 3.05) is 63.0 Å². The molecule has 15 nitrogen and oxygen atoms in total. The van der Waals surface area contributed by atoms with Gasteiger partial charge >= 0.3 is 12.4 Å². The molecular weight excluding hydrogens is 993 g/mol. The Balaban J connectivity index is 0.000000200. The van der Waals surface area contributed by atoms with Crippen molar-refractivity contribution >= 4 is 46.3 Å². The molecular formula is C52H45F6N9O6S. The fourth-order valence-electron chi connectivity index (χ4n) is 7.49. The molecule has 0 aliphatic carbocycles. The van der Waals surface area contributed by atoms with E-state index in [1.807, 2.05) is 10.3 Å². The summed E-state index contributed by atoms with van der Waals surface area (Å²) < 4.78 is 87.5. The number of carbonyl (C=O) groups excluding carboxylic acids is 4. The number of piperazine rings is 2. The fraction of sp³-hybridized carbons (Fsp3) is 0.212. The first-order valence-corrected chi connectivity index (χ1v) is 23.8. The van der Waals surface area contributed by atoms with E-state index in [-0.39, 0.29) is 34.7 Å². The van der Waals surface area contributed by atoms with Crippen molar-refractivity contribution in [2.45, 2.75) is 18.9 Å². The number of thiazole rings is 1. The number of carbonyl (C=O) groups is 4. The smallest absolute Gasteiger partial charge is 0.416 e. The Labute approximate surface area is 423 Å². The molecule has 74 heavy (non-hydrogen) atoms. The van der Waals surface area contributed by atoms with Crippen molar-refractivity contribution in [3.05, 3.63) is 184 Å². The summed E-state index contributed by atoms with van der Waals surface area (Å²) in [6.07, 6.45) is -4.38. The molecule has 4 aromatic carbocycles. The predicted octanol–water partition coefficient (Wildman–Crippen LogP) is 9.75. The van der Waals surface area contributed by atoms with Crippen molar-refractivity contribution in [1.29, 1.82) is 0 Å². The van der Waals surface area contributed by atoms with Gasteiger partial charge in [0.15, 0.2) is 0 Å². The highest BCUT2D eigenvalue weighted by Gasteiger charge is 2.31. The highest BCUT2D eigenvalue weighted by molar-refractivity contribution is 7.09. The number of anilines is 2. The molecule has 5 heterocycles. The largest absolute Gasteiger partial charge is 0.439 e. The lowest BCUT2D eigenvalue weighted by molar-refractivity contribution is -0.138. The molecule has 2 saturated heterocycles. The molecule has 0 saturated carbocycles. The average molecular weight is 1040 g/mol. The van der Waals surface area contributed by atoms with E-state index in [9.17, 15) is 45.5 Å². The summed E-state index contributed by atoms with van der Waals surface area (Å²) >= 11 is 1.63. The van der Waals surface area contributed by atoms with Crippen molar-refractivity contribution in [3.63, 3.8) is 0 Å². The Hall–Kier alpha value is -8.21. The van der Waals surface area contributed by atoms with Crippen molar-refractivity contribution in [2.24, 2.45) is 0 Å². The number of aromatic nitrogens is 3. The van der Waals surface area contributed by atoms with E-state index in [4.69, 9.17) is 9.47 Å². The zero-order valence-electron chi connectivity index (χ0n) is 39.0. The topological polar surface area (TPSA) is 171 Å². The van der Waals surface area contributed by atoms with Crippen LogP contribution >= 0.6 is 11.3 Å². The highest BCUT2D eigenvalue weighted by Crippen LogP contribution is 2.31. The number of halogens is 6. The second-order valence-electron chi connectivity index (χ2n) is 16.6. The van der Waals surface area contributed by atoms with Gasteiger partial charge in [-0.25, -0.2) is 15.0 Å². The zero-order valence-corrected chi connectivity index (χ0v) is 39.8. The van der Waals surface area contributed by atoms with Crippen LogP contribution in [-0.2, 0) is 18.9 Å². The normalized spacial score (nSPS) is 14.0. The van der Waals surface area contributed by atoms with E-state index in [0.717, 1.165) is 86.3 Å². The number of amides is 4. The first-order valence-electron chi connectivity index (χ1n) is 22.9. The van der Waals surface area contributed by atoms with Gasteiger partial charge in [0.2, 0.25) is 11.8 Å². The molecule has 382 valence electrons. The molecule has 0 atom stereocenters. The van der Waals surface area contributed by atoms with Crippen molar-refractivity contribution in [3.8, 4) is 23.3 Å². The van der Waals surface area contributed by atoms with Gasteiger partial charge in [-0.3, -0.25) is 24.1 Å². The number of benzene rings is 4. The van der Waals surface area contributed by atoms with E-state index in [0.29, 0.717) is 60.2 Å². The molecule has 2 aliphatic rings. The van der Waals surface area contributed by atoms with Gasteiger partial charge in [0.05, 0.1) is 41.4 Å². The van der Waals surface area contributed by atoms with E-state index in [2.05, 4.69) is 35.8 Å². The second kappa shape index (κ2) is 23.6. The maximum atomic E-state index is 12.9. The predicted molar refractivity (Wildman–Crippen MR) is 262 cm³/mol. The van der Waals surface area contributed by atoms with Gasteiger partial charge in [-0.1, -0.05) is 0 Å². The summed E-state index contributed by atoms with van der Waals surface area (Å²) in [4.78, 5) is 68.6. The van der Waals surface area contributed by atoms with Gasteiger partial charge in [0.1, 0.15) is 16.5 Å². The molecule has 2 aliphatic heterocycles. The van der Waals surface area contributed by atoms with Crippen LogP contribution in [0.25, 0.3) is 0 Å². The molecule has 0 unspecified atom stereocenters. The summed E-state index contributed by atoms with van der Waals surface area (Å²) in [6.45, 7) is 6.57. The summed E-state index contributed by atoms with van der Waals surface area (Å²) in [6, 6.07) is 27.6. The van der Waals surface area contributed by atoms with E-state index >= 15 is 0 Å². The maximum absolute atomic E-state index is 12.9. The lowest BCUT2D eigenvalue weighted by Gasteiger charge is -2.34. The molecule has 4 amide bonds. The van der Waals surface area contributed by atoms with Crippen LogP contribution in [0.15, 0.2) is 145 Å². The minimum atomic E-state index is -4.47. The molecule has 7 aromatic rings. The number of rotatable bonds is 12. The fourth-order valence-corrected chi connectivity index (χ4v) is 8.15. The zero-order chi connectivity index (χ0) is 52.2. The molecule has 3 aromatic heterocycles. The molecule has 2 fully saturated rings. The van der Waals surface area contributed by atoms with Gasteiger partial charge in [0, 0.05) is 98.3 Å². The molecule has 0 bridgehead atoms. The third kappa shape index (κ3) is 14.3. The van der Waals surface area contributed by atoms with Gasteiger partial charge < -0.3 is 35.2 Å². The monoisotopic (exact) mass is 1040 g/mol. The van der Waals surface area contributed by atoms with Crippen LogP contribution in [-0.4, -0.2) is 106 Å². The minimum Gasteiger partial charge on any atom is -0.439 e. The van der Waals surface area contributed by atoms with Crippen LogP contribution < -0.4 is 25.4 Å². The molecule has 3 N–H and O–H groups in total. The van der Waals surface area contributed by atoms with Crippen molar-refractivity contribution in [1.82, 2.24) is 35.0 Å². The van der Waals surface area contributed by atoms with Crippen LogP contribution in [0.5, 0.6) is 23.3 Å². The Morgan fingerprint density at radius 3 is 1.32 bits per heavy atom. The van der Waals surface area contributed by atoms with Crippen LogP contribution in [0, 0.1) is 0 Å². The molecule has 0 radical (unpaired) electrons.